The number of nitrogens with one attached hydrogen (secondary N) is 3. The van der Waals surface area contributed by atoms with Crippen LogP contribution in [-0.4, -0.2) is 47.5 Å². The molecule has 1 aromatic heterocycles. The number of primary amides is 1. The monoisotopic (exact) mass is 547 g/mol. The Morgan fingerprint density at radius 3 is 2.42 bits per heavy atom. The van der Waals surface area contributed by atoms with Crippen LogP contribution < -0.4 is 21.7 Å². The van der Waals surface area contributed by atoms with Crippen LogP contribution in [0.4, 0.5) is 10.1 Å². The Bertz CT molecular complexity index is 1490. The highest BCUT2D eigenvalue weighted by molar-refractivity contribution is 6.06. The van der Waals surface area contributed by atoms with Gasteiger partial charge in [0.1, 0.15) is 5.82 Å². The van der Waals surface area contributed by atoms with E-state index in [1.807, 2.05) is 19.1 Å². The molecule has 2 aliphatic rings. The fourth-order valence-electron chi connectivity index (χ4n) is 6.19. The van der Waals surface area contributed by atoms with Crippen molar-refractivity contribution in [2.45, 2.75) is 77.4 Å². The summed E-state index contributed by atoms with van der Waals surface area (Å²) in [5, 5.41) is 10.4. The first-order chi connectivity index (χ1) is 19.0. The smallest absolute Gasteiger partial charge is 0.250 e. The van der Waals surface area contributed by atoms with Crippen molar-refractivity contribution in [2.75, 3.05) is 12.4 Å². The van der Waals surface area contributed by atoms with Crippen molar-refractivity contribution in [3.63, 3.8) is 0 Å². The molecule has 0 unspecified atom stereocenters. The number of halogens is 1. The predicted octanol–water partition coefficient (Wildman–Crippen LogP) is 4.61. The molecule has 0 bridgehead atoms. The number of nitrogens with zero attached hydrogens (tertiary/aromatic N) is 1. The number of carbonyl (C=O) groups excluding carboxylic acids is 3. The molecule has 8 nitrogen and oxygen atoms in total. The summed E-state index contributed by atoms with van der Waals surface area (Å²) in [5.41, 5.74) is 9.68. The first-order valence-electron chi connectivity index (χ1n) is 14.0. The molecule has 3 aromatic rings. The number of carbonyl (C=O) groups is 3. The number of anilines is 1. The SMILES string of the molecule is CN[C@H](C)C(=O)N[C@H]1CC[C@H](Nc2cc(-c3c4n(c5cc(F)ccc35)C(=O)CC(C)(C)C4)ccc2C(N)=O)CC1. The molecule has 0 radical (unpaired) electrons. The van der Waals surface area contributed by atoms with Crippen molar-refractivity contribution < 1.29 is 18.8 Å². The first-order valence-corrected chi connectivity index (χ1v) is 14.0. The van der Waals surface area contributed by atoms with E-state index in [0.717, 1.165) is 47.9 Å². The number of fused-ring (bicyclic) bond motifs is 3. The molecule has 0 spiro atoms. The Kier molecular flexibility index (Phi) is 7.44. The number of hydrogen-bond acceptors (Lipinski definition) is 5. The second-order valence-electron chi connectivity index (χ2n) is 12.1. The predicted molar refractivity (Wildman–Crippen MR) is 155 cm³/mol. The van der Waals surface area contributed by atoms with Gasteiger partial charge in [0.2, 0.25) is 11.8 Å². The third-order valence-electron chi connectivity index (χ3n) is 8.39. The minimum Gasteiger partial charge on any atom is -0.382 e. The summed E-state index contributed by atoms with van der Waals surface area (Å²) >= 11 is 0. The average molecular weight is 548 g/mol. The van der Waals surface area contributed by atoms with Gasteiger partial charge in [-0.05, 0) is 87.4 Å². The van der Waals surface area contributed by atoms with Crippen molar-refractivity contribution in [1.82, 2.24) is 15.2 Å². The number of rotatable bonds is 7. The molecule has 0 saturated heterocycles. The number of likely N-dealkylation sites (N-methyl/N-ethyl adjacent to an activating group) is 1. The van der Waals surface area contributed by atoms with Crippen molar-refractivity contribution >= 4 is 34.3 Å². The van der Waals surface area contributed by atoms with Gasteiger partial charge in [0.05, 0.1) is 17.1 Å². The molecule has 5 N–H and O–H groups in total. The van der Waals surface area contributed by atoms with Crippen LogP contribution in [0, 0.1) is 11.2 Å². The van der Waals surface area contributed by atoms with Crippen LogP contribution in [0.1, 0.15) is 73.7 Å². The van der Waals surface area contributed by atoms with Crippen LogP contribution in [0.15, 0.2) is 36.4 Å². The summed E-state index contributed by atoms with van der Waals surface area (Å²) in [7, 11) is 1.76. The third-order valence-corrected chi connectivity index (χ3v) is 8.39. The number of aromatic nitrogens is 1. The van der Waals surface area contributed by atoms with Crippen LogP contribution in [0.5, 0.6) is 0 Å². The molecule has 1 saturated carbocycles. The van der Waals surface area contributed by atoms with E-state index in [1.54, 1.807) is 23.7 Å². The van der Waals surface area contributed by atoms with Crippen molar-refractivity contribution in [3.05, 3.63) is 53.5 Å². The third kappa shape index (κ3) is 5.35. The van der Waals surface area contributed by atoms with Gasteiger partial charge in [-0.3, -0.25) is 19.0 Å². The second-order valence-corrected chi connectivity index (χ2v) is 12.1. The van der Waals surface area contributed by atoms with Gasteiger partial charge in [-0.15, -0.1) is 0 Å². The van der Waals surface area contributed by atoms with E-state index in [0.29, 0.717) is 29.6 Å². The van der Waals surface area contributed by atoms with Gasteiger partial charge >= 0.3 is 0 Å². The van der Waals surface area contributed by atoms with Crippen LogP contribution >= 0.6 is 0 Å². The fourth-order valence-corrected chi connectivity index (χ4v) is 6.19. The van der Waals surface area contributed by atoms with Gasteiger partial charge in [-0.25, -0.2) is 4.39 Å². The summed E-state index contributed by atoms with van der Waals surface area (Å²) in [6, 6.07) is 10.0. The van der Waals surface area contributed by atoms with Gasteiger partial charge < -0.3 is 21.7 Å². The van der Waals surface area contributed by atoms with Crippen molar-refractivity contribution in [3.8, 4) is 11.1 Å². The van der Waals surface area contributed by atoms with Crippen molar-refractivity contribution in [1.29, 1.82) is 0 Å². The van der Waals surface area contributed by atoms with Gasteiger partial charge in [-0.2, -0.15) is 0 Å². The Labute approximate surface area is 233 Å². The molecular weight excluding hydrogens is 509 g/mol. The maximum Gasteiger partial charge on any atom is 0.250 e. The zero-order chi connectivity index (χ0) is 28.8. The highest BCUT2D eigenvalue weighted by Gasteiger charge is 2.35. The molecule has 1 atom stereocenters. The lowest BCUT2D eigenvalue weighted by Crippen LogP contribution is -2.47. The summed E-state index contributed by atoms with van der Waals surface area (Å²) in [4.78, 5) is 37.9. The Balaban J connectivity index is 1.47. The molecule has 1 aliphatic heterocycles. The van der Waals surface area contributed by atoms with E-state index in [4.69, 9.17) is 5.73 Å². The standard InChI is InChI=1S/C31H38FN5O3/c1-17(34-4)30(40)36-21-9-7-20(8-10-21)35-24-13-18(5-11-22(24)29(33)39)28-23-12-6-19(32)14-25(23)37-26(28)15-31(2,3)16-27(37)38/h5-6,11-14,17,20-21,34-35H,7-10,15-16H2,1-4H3,(H2,33,39)(H,36,40)/t17-,20-,21-/m1/s1. The highest BCUT2D eigenvalue weighted by atomic mass is 19.1. The number of nitrogens with two attached hydrogens (primary N) is 1. The van der Waals surface area contributed by atoms with E-state index in [1.165, 1.54) is 12.1 Å². The Morgan fingerprint density at radius 2 is 1.75 bits per heavy atom. The topological polar surface area (TPSA) is 118 Å². The largest absolute Gasteiger partial charge is 0.382 e. The lowest BCUT2D eigenvalue weighted by molar-refractivity contribution is -0.123. The maximum atomic E-state index is 14.3. The highest BCUT2D eigenvalue weighted by Crippen LogP contribution is 2.43. The minimum atomic E-state index is -0.529. The zero-order valence-electron chi connectivity index (χ0n) is 23.6. The normalized spacial score (nSPS) is 21.1. The lowest BCUT2D eigenvalue weighted by Gasteiger charge is -2.31. The summed E-state index contributed by atoms with van der Waals surface area (Å²) in [5.74, 6) is -0.978. The second kappa shape index (κ2) is 10.7. The average Bonchev–Trinajstić information content (AvgIpc) is 3.21. The fraction of sp³-hybridized carbons (Fsp3) is 0.452. The summed E-state index contributed by atoms with van der Waals surface area (Å²) < 4.78 is 16.0. The molecule has 2 amide bonds. The Morgan fingerprint density at radius 1 is 1.05 bits per heavy atom. The van der Waals surface area contributed by atoms with Gasteiger partial charge in [-0.1, -0.05) is 19.9 Å². The Hall–Kier alpha value is -3.72. The molecule has 9 heteroatoms. The first kappa shape index (κ1) is 27.8. The number of hydrogen-bond donors (Lipinski definition) is 4. The van der Waals surface area contributed by atoms with E-state index in [-0.39, 0.29) is 35.4 Å². The van der Waals surface area contributed by atoms with E-state index in [2.05, 4.69) is 29.8 Å². The molecule has 2 aromatic carbocycles. The molecule has 1 fully saturated rings. The zero-order valence-corrected chi connectivity index (χ0v) is 23.6. The summed E-state index contributed by atoms with van der Waals surface area (Å²) in [6.07, 6.45) is 4.34. The summed E-state index contributed by atoms with van der Waals surface area (Å²) in [6.45, 7) is 5.97. The quantitative estimate of drug-likeness (QED) is 0.345. The van der Waals surface area contributed by atoms with Gasteiger partial charge in [0.25, 0.3) is 5.91 Å². The molecule has 5 rings (SSSR count). The number of benzene rings is 2. The van der Waals surface area contributed by atoms with Crippen LogP contribution in [0.25, 0.3) is 22.0 Å². The molecule has 2 heterocycles. The van der Waals surface area contributed by atoms with E-state index >= 15 is 0 Å². The molecular formula is C31H38FN5O3. The van der Waals surface area contributed by atoms with Crippen molar-refractivity contribution in [2.24, 2.45) is 11.1 Å². The molecule has 40 heavy (non-hydrogen) atoms. The molecule has 1 aliphatic carbocycles. The lowest BCUT2D eigenvalue weighted by atomic mass is 9.80. The van der Waals surface area contributed by atoms with E-state index in [9.17, 15) is 18.8 Å². The van der Waals surface area contributed by atoms with Crippen LogP contribution in [-0.2, 0) is 11.2 Å². The van der Waals surface area contributed by atoms with Crippen LogP contribution in [0.3, 0.4) is 0 Å². The van der Waals surface area contributed by atoms with Gasteiger partial charge in [0, 0.05) is 40.8 Å². The minimum absolute atomic E-state index is 0.00714. The van der Waals surface area contributed by atoms with Crippen LogP contribution in [0.2, 0.25) is 0 Å². The molecule has 212 valence electrons. The number of amides is 2. The maximum absolute atomic E-state index is 14.3. The van der Waals surface area contributed by atoms with Gasteiger partial charge in [0.15, 0.2) is 0 Å². The van der Waals surface area contributed by atoms with E-state index < -0.39 is 11.7 Å².